The van der Waals surface area contributed by atoms with Crippen molar-refractivity contribution in [2.24, 2.45) is 11.8 Å². The molecule has 3 aliphatic rings. The van der Waals surface area contributed by atoms with E-state index in [0.717, 1.165) is 5.56 Å². The summed E-state index contributed by atoms with van der Waals surface area (Å²) in [5.74, 6) is -1.64. The quantitative estimate of drug-likeness (QED) is 0.634. The molecule has 1 aromatic carbocycles. The zero-order valence-corrected chi connectivity index (χ0v) is 16.2. The summed E-state index contributed by atoms with van der Waals surface area (Å²) < 4.78 is 11.3. The van der Waals surface area contributed by atoms with Crippen molar-refractivity contribution >= 4 is 17.9 Å². The molecule has 2 bridgehead atoms. The molecule has 0 saturated carbocycles. The van der Waals surface area contributed by atoms with Crippen LogP contribution in [0, 0.1) is 11.8 Å². The zero-order valence-electron chi connectivity index (χ0n) is 16.2. The smallest absolute Gasteiger partial charge is 0.407 e. The third-order valence-electron chi connectivity index (χ3n) is 5.34. The van der Waals surface area contributed by atoms with E-state index in [4.69, 9.17) is 9.47 Å². The first-order valence-corrected chi connectivity index (χ1v) is 9.43. The van der Waals surface area contributed by atoms with Crippen LogP contribution in [0.2, 0.25) is 0 Å². The molecule has 148 valence electrons. The lowest BCUT2D eigenvalue weighted by Gasteiger charge is -2.29. The lowest BCUT2D eigenvalue weighted by atomic mass is 9.77. The van der Waals surface area contributed by atoms with Crippen LogP contribution in [0.15, 0.2) is 42.5 Å². The molecule has 7 nitrogen and oxygen atoms in total. The molecule has 0 aromatic heterocycles. The average molecular weight is 384 g/mol. The van der Waals surface area contributed by atoms with Gasteiger partial charge in [0.05, 0.1) is 31.0 Å². The topological polar surface area (TPSA) is 84.9 Å². The van der Waals surface area contributed by atoms with Crippen LogP contribution in [0.5, 0.6) is 0 Å². The van der Waals surface area contributed by atoms with Crippen molar-refractivity contribution in [2.75, 3.05) is 6.54 Å². The van der Waals surface area contributed by atoms with Crippen molar-refractivity contribution in [3.63, 3.8) is 0 Å². The molecular weight excluding hydrogens is 360 g/mol. The number of alkyl carbamates (subject to hydrolysis) is 1. The Morgan fingerprint density at radius 2 is 1.93 bits per heavy atom. The number of nitrogens with one attached hydrogen (secondary N) is 1. The van der Waals surface area contributed by atoms with Gasteiger partial charge < -0.3 is 14.8 Å². The van der Waals surface area contributed by atoms with Crippen LogP contribution in [0.3, 0.4) is 0 Å². The number of amides is 3. The summed E-state index contributed by atoms with van der Waals surface area (Å²) in [6.45, 7) is 5.65. The lowest BCUT2D eigenvalue weighted by Crippen LogP contribution is -2.49. The molecule has 2 fully saturated rings. The van der Waals surface area contributed by atoms with E-state index >= 15 is 0 Å². The summed E-state index contributed by atoms with van der Waals surface area (Å²) in [6, 6.07) is 9.42. The first-order chi connectivity index (χ1) is 13.2. The van der Waals surface area contributed by atoms with E-state index in [2.05, 4.69) is 5.32 Å². The molecular formula is C21H24N2O5. The van der Waals surface area contributed by atoms with E-state index in [0.29, 0.717) is 0 Å². The SMILES string of the molecule is CC(C)(C)OC(=O)NC[C@@]12C=C[C@H](O1)[C@H]1C(=O)N(Cc3ccccc3)C(=O)[C@H]12. The van der Waals surface area contributed by atoms with Crippen molar-refractivity contribution in [1.29, 1.82) is 0 Å². The van der Waals surface area contributed by atoms with E-state index in [-0.39, 0.29) is 24.9 Å². The fourth-order valence-corrected chi connectivity index (χ4v) is 4.21. The molecule has 4 rings (SSSR count). The summed E-state index contributed by atoms with van der Waals surface area (Å²) >= 11 is 0. The fraction of sp³-hybridized carbons (Fsp3) is 0.476. The summed E-state index contributed by atoms with van der Waals surface area (Å²) in [4.78, 5) is 39.4. The number of ether oxygens (including phenoxy) is 2. The van der Waals surface area contributed by atoms with Crippen molar-refractivity contribution in [3.8, 4) is 0 Å². The fourth-order valence-electron chi connectivity index (χ4n) is 4.21. The Morgan fingerprint density at radius 1 is 1.21 bits per heavy atom. The van der Waals surface area contributed by atoms with Crippen LogP contribution in [0.4, 0.5) is 4.79 Å². The lowest BCUT2D eigenvalue weighted by molar-refractivity contribution is -0.144. The van der Waals surface area contributed by atoms with Gasteiger partial charge in [-0.25, -0.2) is 4.79 Å². The number of fused-ring (bicyclic) bond motifs is 5. The van der Waals surface area contributed by atoms with Gasteiger partial charge >= 0.3 is 6.09 Å². The van der Waals surface area contributed by atoms with Crippen molar-refractivity contribution in [2.45, 2.75) is 44.6 Å². The number of benzene rings is 1. The number of rotatable bonds is 4. The maximum Gasteiger partial charge on any atom is 0.407 e. The molecule has 2 saturated heterocycles. The highest BCUT2D eigenvalue weighted by atomic mass is 16.6. The highest BCUT2D eigenvalue weighted by Gasteiger charge is 2.67. The van der Waals surface area contributed by atoms with E-state index in [9.17, 15) is 14.4 Å². The number of nitrogens with zero attached hydrogens (tertiary/aromatic N) is 1. The highest BCUT2D eigenvalue weighted by molar-refractivity contribution is 6.07. The predicted octanol–water partition coefficient (Wildman–Crippen LogP) is 2.02. The molecule has 3 heterocycles. The number of carbonyl (C=O) groups excluding carboxylic acids is 3. The summed E-state index contributed by atoms with van der Waals surface area (Å²) in [5, 5.41) is 2.69. The van der Waals surface area contributed by atoms with E-state index in [1.165, 1.54) is 4.90 Å². The molecule has 7 heteroatoms. The van der Waals surface area contributed by atoms with Crippen LogP contribution in [-0.2, 0) is 25.6 Å². The molecule has 0 spiro atoms. The van der Waals surface area contributed by atoms with E-state index < -0.39 is 35.2 Å². The molecule has 0 radical (unpaired) electrons. The first-order valence-electron chi connectivity index (χ1n) is 9.43. The molecule has 0 aliphatic carbocycles. The average Bonchev–Trinajstić information content (AvgIpc) is 3.26. The van der Waals surface area contributed by atoms with E-state index in [1.54, 1.807) is 26.8 Å². The Kier molecular flexibility index (Phi) is 4.30. The van der Waals surface area contributed by atoms with Gasteiger partial charge in [-0.2, -0.15) is 0 Å². The van der Waals surface area contributed by atoms with Crippen LogP contribution >= 0.6 is 0 Å². The minimum atomic E-state index is -1.01. The van der Waals surface area contributed by atoms with Crippen LogP contribution < -0.4 is 5.32 Å². The Labute approximate surface area is 163 Å². The second-order valence-corrected chi connectivity index (χ2v) is 8.50. The second kappa shape index (κ2) is 6.44. The Balaban J connectivity index is 1.51. The largest absolute Gasteiger partial charge is 0.444 e. The predicted molar refractivity (Wildman–Crippen MR) is 100.0 cm³/mol. The molecule has 1 aromatic rings. The van der Waals surface area contributed by atoms with E-state index in [1.807, 2.05) is 36.4 Å². The van der Waals surface area contributed by atoms with Gasteiger partial charge in [-0.05, 0) is 26.3 Å². The Morgan fingerprint density at radius 3 is 2.61 bits per heavy atom. The summed E-state index contributed by atoms with van der Waals surface area (Å²) in [5.41, 5.74) is -0.739. The van der Waals surface area contributed by atoms with Gasteiger partial charge in [0.15, 0.2) is 0 Å². The summed E-state index contributed by atoms with van der Waals surface area (Å²) in [7, 11) is 0. The maximum atomic E-state index is 13.1. The summed E-state index contributed by atoms with van der Waals surface area (Å²) in [6.07, 6.45) is 2.59. The molecule has 0 unspecified atom stereocenters. The minimum absolute atomic E-state index is 0.0777. The standard InChI is InChI=1S/C21H24N2O5/c1-20(2,3)28-19(26)22-12-21-10-9-14(27-21)15-16(21)18(25)23(17(15)24)11-13-7-5-4-6-8-13/h4-10,14-16H,11-12H2,1-3H3,(H,22,26)/t14-,15+,16-,21+/m0/s1. The van der Waals surface area contributed by atoms with Crippen molar-refractivity contribution < 1.29 is 23.9 Å². The number of hydrogen-bond acceptors (Lipinski definition) is 5. The monoisotopic (exact) mass is 384 g/mol. The van der Waals surface area contributed by atoms with Gasteiger partial charge in [0.1, 0.15) is 11.2 Å². The highest BCUT2D eigenvalue weighted by Crippen LogP contribution is 2.51. The number of hydrogen-bond donors (Lipinski definition) is 1. The third-order valence-corrected chi connectivity index (χ3v) is 5.34. The Hall–Kier alpha value is -2.67. The molecule has 3 amide bonds. The van der Waals surface area contributed by atoms with Crippen LogP contribution in [-0.4, -0.2) is 46.7 Å². The Bertz CT molecular complexity index is 844. The molecule has 28 heavy (non-hydrogen) atoms. The van der Waals surface area contributed by atoms with Gasteiger partial charge in [-0.1, -0.05) is 42.5 Å². The van der Waals surface area contributed by atoms with Gasteiger partial charge in [0.2, 0.25) is 11.8 Å². The first kappa shape index (κ1) is 18.7. The van der Waals surface area contributed by atoms with Crippen LogP contribution in [0.1, 0.15) is 26.3 Å². The van der Waals surface area contributed by atoms with Crippen molar-refractivity contribution in [1.82, 2.24) is 10.2 Å². The molecule has 1 N–H and O–H groups in total. The zero-order chi connectivity index (χ0) is 20.1. The van der Waals surface area contributed by atoms with Gasteiger partial charge in [0.25, 0.3) is 0 Å². The number of likely N-dealkylation sites (tertiary alicyclic amines) is 1. The van der Waals surface area contributed by atoms with Gasteiger partial charge in [-0.3, -0.25) is 14.5 Å². The number of carbonyl (C=O) groups is 3. The molecule has 4 atom stereocenters. The number of imide groups is 1. The maximum absolute atomic E-state index is 13.1. The van der Waals surface area contributed by atoms with Crippen LogP contribution in [0.25, 0.3) is 0 Å². The van der Waals surface area contributed by atoms with Crippen molar-refractivity contribution in [3.05, 3.63) is 48.0 Å². The molecule has 3 aliphatic heterocycles. The van der Waals surface area contributed by atoms with Gasteiger partial charge in [-0.15, -0.1) is 0 Å². The third kappa shape index (κ3) is 3.09. The normalized spacial score (nSPS) is 30.7. The second-order valence-electron chi connectivity index (χ2n) is 8.50. The van der Waals surface area contributed by atoms with Gasteiger partial charge in [0, 0.05) is 0 Å². The minimum Gasteiger partial charge on any atom is -0.444 e.